The molecule has 1 aliphatic rings. The van der Waals surface area contributed by atoms with Crippen LogP contribution >= 0.6 is 0 Å². The summed E-state index contributed by atoms with van der Waals surface area (Å²) in [5, 5.41) is 2.50. The number of aromatic nitrogens is 1. The number of amidine groups is 1. The Morgan fingerprint density at radius 3 is 2.59 bits per heavy atom. The Bertz CT molecular complexity index is 1250. The van der Waals surface area contributed by atoms with Crippen molar-refractivity contribution >= 4 is 39.4 Å². The maximum absolute atomic E-state index is 12.5. The lowest BCUT2D eigenvalue weighted by atomic mass is 10.1. The van der Waals surface area contributed by atoms with Gasteiger partial charge in [0.05, 0.1) is 17.1 Å². The fourth-order valence-electron chi connectivity index (χ4n) is 3.44. The van der Waals surface area contributed by atoms with E-state index in [2.05, 4.69) is 20.0 Å². The molecule has 0 saturated carbocycles. The van der Waals surface area contributed by atoms with Gasteiger partial charge >= 0.3 is 11.9 Å². The average Bonchev–Trinajstić information content (AvgIpc) is 3.39. The molecule has 0 saturated heterocycles. The first kappa shape index (κ1) is 25.0. The van der Waals surface area contributed by atoms with Gasteiger partial charge in [-0.15, -0.1) is 0 Å². The molecule has 1 amide bonds. The minimum absolute atomic E-state index is 0.0399. The molecule has 1 aliphatic heterocycles. The Balaban J connectivity index is 1.62. The highest BCUT2D eigenvalue weighted by molar-refractivity contribution is 7.90. The van der Waals surface area contributed by atoms with Gasteiger partial charge in [-0.1, -0.05) is 6.07 Å². The number of benzene rings is 1. The zero-order chi connectivity index (χ0) is 24.9. The lowest BCUT2D eigenvalue weighted by molar-refractivity contribution is -0.119. The first-order valence-electron chi connectivity index (χ1n) is 10.6. The Hall–Kier alpha value is -3.67. The lowest BCUT2D eigenvalue weighted by Gasteiger charge is -2.10. The quantitative estimate of drug-likeness (QED) is 0.478. The van der Waals surface area contributed by atoms with Crippen LogP contribution in [0, 0.1) is 13.8 Å². The van der Waals surface area contributed by atoms with Crippen molar-refractivity contribution in [2.75, 3.05) is 25.1 Å². The summed E-state index contributed by atoms with van der Waals surface area (Å²) >= 11 is 0. The number of anilines is 1. The number of sulfonamides is 1. The van der Waals surface area contributed by atoms with Crippen LogP contribution in [0.25, 0.3) is 0 Å². The summed E-state index contributed by atoms with van der Waals surface area (Å²) in [5.41, 5.74) is 1.27. The van der Waals surface area contributed by atoms with E-state index in [0.717, 1.165) is 6.42 Å². The van der Waals surface area contributed by atoms with Crippen LogP contribution in [0.4, 0.5) is 5.69 Å². The number of carbonyl (C=O) groups is 3. The number of rotatable bonds is 8. The summed E-state index contributed by atoms with van der Waals surface area (Å²) in [6.45, 7) is 5.00. The molecule has 2 heterocycles. The highest BCUT2D eigenvalue weighted by Gasteiger charge is 2.24. The van der Waals surface area contributed by atoms with Crippen LogP contribution in [0.2, 0.25) is 0 Å². The molecular weight excluding hydrogens is 464 g/mol. The summed E-state index contributed by atoms with van der Waals surface area (Å²) in [4.78, 5) is 43.7. The molecule has 3 N–H and O–H groups in total. The largest absolute Gasteiger partial charge is 0.461 e. The molecule has 0 spiro atoms. The third-order valence-corrected chi connectivity index (χ3v) is 6.39. The van der Waals surface area contributed by atoms with Gasteiger partial charge in [0.2, 0.25) is 0 Å². The average molecular weight is 491 g/mol. The van der Waals surface area contributed by atoms with E-state index in [1.54, 1.807) is 20.8 Å². The van der Waals surface area contributed by atoms with Gasteiger partial charge < -0.3 is 19.8 Å². The van der Waals surface area contributed by atoms with E-state index in [4.69, 9.17) is 9.47 Å². The molecule has 11 nitrogen and oxygen atoms in total. The second-order valence-electron chi connectivity index (χ2n) is 7.54. The van der Waals surface area contributed by atoms with Crippen molar-refractivity contribution in [3.05, 3.63) is 46.8 Å². The van der Waals surface area contributed by atoms with Gasteiger partial charge in [-0.05, 0) is 51.0 Å². The van der Waals surface area contributed by atoms with E-state index in [1.165, 1.54) is 24.3 Å². The Kier molecular flexibility index (Phi) is 7.72. The van der Waals surface area contributed by atoms with Crippen molar-refractivity contribution in [1.29, 1.82) is 0 Å². The molecule has 0 bridgehead atoms. The zero-order valence-corrected chi connectivity index (χ0v) is 19.9. The molecule has 182 valence electrons. The summed E-state index contributed by atoms with van der Waals surface area (Å²) in [6.07, 6.45) is 1.35. The first-order valence-corrected chi connectivity index (χ1v) is 12.1. The number of aromatic amines is 1. The normalized spacial score (nSPS) is 13.2. The van der Waals surface area contributed by atoms with Gasteiger partial charge in [0, 0.05) is 24.3 Å². The minimum atomic E-state index is -3.84. The molecule has 0 unspecified atom stereocenters. The van der Waals surface area contributed by atoms with Crippen LogP contribution in [0.5, 0.6) is 0 Å². The maximum Gasteiger partial charge on any atom is 0.355 e. The second-order valence-corrected chi connectivity index (χ2v) is 9.22. The number of carbonyl (C=O) groups excluding carboxylic acids is 3. The number of aryl methyl sites for hydroxylation is 1. The monoisotopic (exact) mass is 490 g/mol. The van der Waals surface area contributed by atoms with Crippen LogP contribution in [-0.2, 0) is 24.3 Å². The molecule has 0 radical (unpaired) electrons. The van der Waals surface area contributed by atoms with Crippen molar-refractivity contribution in [1.82, 2.24) is 9.71 Å². The summed E-state index contributed by atoms with van der Waals surface area (Å²) in [7, 11) is -3.84. The first-order chi connectivity index (χ1) is 16.1. The van der Waals surface area contributed by atoms with E-state index in [0.29, 0.717) is 30.1 Å². The van der Waals surface area contributed by atoms with Crippen LogP contribution in [0.3, 0.4) is 0 Å². The number of esters is 2. The topological polar surface area (TPSA) is 156 Å². The number of nitrogens with one attached hydrogen (secondary N) is 3. The number of hydrogen-bond acceptors (Lipinski definition) is 8. The van der Waals surface area contributed by atoms with E-state index in [-0.39, 0.29) is 28.4 Å². The van der Waals surface area contributed by atoms with E-state index >= 15 is 0 Å². The van der Waals surface area contributed by atoms with Gasteiger partial charge in [0.25, 0.3) is 15.9 Å². The van der Waals surface area contributed by atoms with Gasteiger partial charge in [-0.2, -0.15) is 0 Å². The maximum atomic E-state index is 12.5. The molecule has 34 heavy (non-hydrogen) atoms. The van der Waals surface area contributed by atoms with Crippen LogP contribution in [-0.4, -0.2) is 56.8 Å². The molecule has 12 heteroatoms. The number of nitrogens with zero attached hydrogens (tertiary/aromatic N) is 1. The fraction of sp³-hybridized carbons (Fsp3) is 0.364. The van der Waals surface area contributed by atoms with Crippen molar-refractivity contribution in [3.63, 3.8) is 0 Å². The third-order valence-electron chi connectivity index (χ3n) is 5.01. The van der Waals surface area contributed by atoms with Crippen molar-refractivity contribution in [3.8, 4) is 0 Å². The standard InChI is InChI=1S/C22H26N4O7S/c1-4-32-22(29)20-13(2)19(14(3)24-20)21(28)33-12-18(27)25-15-7-5-8-16(11-15)34(30,31)26-17-9-6-10-23-17/h5,7-8,11,24H,4,6,9-10,12H2,1-3H3,(H,23,26)(H,25,27). The van der Waals surface area contributed by atoms with Crippen LogP contribution in [0.1, 0.15) is 51.9 Å². The Labute approximate surface area is 197 Å². The van der Waals surface area contributed by atoms with Crippen molar-refractivity contribution in [2.45, 2.75) is 38.5 Å². The molecule has 1 aromatic carbocycles. The zero-order valence-electron chi connectivity index (χ0n) is 19.1. The predicted molar refractivity (Wildman–Crippen MR) is 123 cm³/mol. The van der Waals surface area contributed by atoms with Crippen LogP contribution < -0.4 is 10.0 Å². The minimum Gasteiger partial charge on any atom is -0.461 e. The number of amides is 1. The van der Waals surface area contributed by atoms with Crippen molar-refractivity contribution < 1.29 is 32.3 Å². The molecule has 0 atom stereocenters. The van der Waals surface area contributed by atoms with Gasteiger partial charge in [0.15, 0.2) is 6.61 Å². The van der Waals surface area contributed by atoms with E-state index in [1.807, 2.05) is 0 Å². The number of ether oxygens (including phenoxy) is 2. The second kappa shape index (κ2) is 10.5. The lowest BCUT2D eigenvalue weighted by Crippen LogP contribution is -2.29. The van der Waals surface area contributed by atoms with E-state index < -0.39 is 34.5 Å². The van der Waals surface area contributed by atoms with Crippen molar-refractivity contribution in [2.24, 2.45) is 4.99 Å². The molecule has 2 aromatic rings. The summed E-state index contributed by atoms with van der Waals surface area (Å²) < 4.78 is 37.6. The molecule has 1 aromatic heterocycles. The number of H-pyrrole nitrogens is 1. The number of aliphatic imine (C=N–C) groups is 1. The van der Waals surface area contributed by atoms with Gasteiger partial charge in [0.1, 0.15) is 11.5 Å². The third kappa shape index (κ3) is 5.81. The van der Waals surface area contributed by atoms with Gasteiger partial charge in [-0.25, -0.2) is 18.0 Å². The predicted octanol–water partition coefficient (Wildman–Crippen LogP) is 2.07. The molecular formula is C22H26N4O7S. The highest BCUT2D eigenvalue weighted by Crippen LogP contribution is 2.20. The smallest absolute Gasteiger partial charge is 0.355 e. The Morgan fingerprint density at radius 2 is 1.91 bits per heavy atom. The molecule has 0 fully saturated rings. The fourth-order valence-corrected chi connectivity index (χ4v) is 4.58. The van der Waals surface area contributed by atoms with E-state index in [9.17, 15) is 22.8 Å². The number of hydrogen-bond donors (Lipinski definition) is 3. The highest BCUT2D eigenvalue weighted by atomic mass is 32.2. The molecule has 0 aliphatic carbocycles. The molecule has 3 rings (SSSR count). The van der Waals surface area contributed by atoms with Gasteiger partial charge in [-0.3, -0.25) is 14.5 Å². The summed E-state index contributed by atoms with van der Waals surface area (Å²) in [6, 6.07) is 5.68. The van der Waals surface area contributed by atoms with Crippen LogP contribution in [0.15, 0.2) is 34.2 Å². The Morgan fingerprint density at radius 1 is 1.15 bits per heavy atom. The summed E-state index contributed by atoms with van der Waals surface area (Å²) in [5.74, 6) is -1.63. The SMILES string of the molecule is CCOC(=O)c1[nH]c(C)c(C(=O)OCC(=O)Nc2cccc(S(=O)(=O)NC3=NCCC3)c2)c1C.